The maximum atomic E-state index is 9.64. The molecular weight excluding hydrogens is 454 g/mol. The van der Waals surface area contributed by atoms with Crippen molar-refractivity contribution >= 4 is 5.65 Å². The van der Waals surface area contributed by atoms with Crippen LogP contribution in [0.4, 0.5) is 0 Å². The van der Waals surface area contributed by atoms with Crippen LogP contribution in [0.25, 0.3) is 16.9 Å². The summed E-state index contributed by atoms with van der Waals surface area (Å²) in [5.41, 5.74) is 4.33. The molecule has 0 aromatic carbocycles. The molecule has 0 amide bonds. The van der Waals surface area contributed by atoms with Crippen LogP contribution >= 0.6 is 0 Å². The minimum atomic E-state index is -0.324. The molecule has 10 heteroatoms. The lowest BCUT2D eigenvalue weighted by atomic mass is 10.0. The molecule has 36 heavy (non-hydrogen) atoms. The van der Waals surface area contributed by atoms with E-state index in [1.54, 1.807) is 16.8 Å². The number of piperazine rings is 1. The normalized spacial score (nSPS) is 15.6. The molecule has 0 bridgehead atoms. The van der Waals surface area contributed by atoms with E-state index in [1.165, 1.54) is 0 Å². The Morgan fingerprint density at radius 2 is 2.00 bits per heavy atom. The highest BCUT2D eigenvalue weighted by Gasteiger charge is 2.30. The molecular formula is C26H31N9O. The predicted octanol–water partition coefficient (Wildman–Crippen LogP) is 2.99. The lowest BCUT2D eigenvalue weighted by Crippen LogP contribution is -2.55. The van der Waals surface area contributed by atoms with Crippen molar-refractivity contribution in [2.45, 2.75) is 45.9 Å². The van der Waals surface area contributed by atoms with Gasteiger partial charge >= 0.3 is 0 Å². The Hall–Kier alpha value is -3.81. The maximum Gasteiger partial charge on any atom is 0.201 e. The van der Waals surface area contributed by atoms with Crippen LogP contribution in [0.1, 0.15) is 44.0 Å². The Balaban J connectivity index is 1.49. The molecule has 4 aromatic heterocycles. The van der Waals surface area contributed by atoms with Crippen LogP contribution < -0.4 is 10.1 Å². The first kappa shape index (κ1) is 23.9. The van der Waals surface area contributed by atoms with Crippen LogP contribution in [0.5, 0.6) is 5.88 Å². The Labute approximate surface area is 210 Å². The van der Waals surface area contributed by atoms with Gasteiger partial charge in [-0.05, 0) is 45.9 Å². The molecule has 0 radical (unpaired) electrons. The molecule has 0 spiro atoms. The summed E-state index contributed by atoms with van der Waals surface area (Å²) in [6, 6.07) is 11.7. The van der Waals surface area contributed by atoms with Gasteiger partial charge < -0.3 is 10.1 Å². The third kappa shape index (κ3) is 4.55. The van der Waals surface area contributed by atoms with Gasteiger partial charge in [-0.1, -0.05) is 11.3 Å². The van der Waals surface area contributed by atoms with Crippen molar-refractivity contribution in [3.05, 3.63) is 59.8 Å². The Kier molecular flexibility index (Phi) is 6.43. The zero-order chi connectivity index (χ0) is 25.3. The van der Waals surface area contributed by atoms with Crippen molar-refractivity contribution in [1.29, 1.82) is 5.26 Å². The van der Waals surface area contributed by atoms with Crippen molar-refractivity contribution in [2.75, 3.05) is 26.2 Å². The van der Waals surface area contributed by atoms with Gasteiger partial charge in [0.05, 0.1) is 24.1 Å². The monoisotopic (exact) mass is 485 g/mol. The molecule has 1 N–H and O–H groups in total. The van der Waals surface area contributed by atoms with Crippen LogP contribution in [0, 0.1) is 18.3 Å². The summed E-state index contributed by atoms with van der Waals surface area (Å²) in [5.74, 6) is 0.504. The standard InChI is InChI=1S/C26H31N9O/c1-18-25(31-32-34(18)17-26(3,4)33-11-9-28-10-12-33)20-13-23-30-16-21(15-27)35(23)24(14-20)36-19(2)22-7-5-6-8-29-22/h5-8,13-14,16,19,28H,9-12,17H2,1-4H3/t19-/m1/s1. The van der Waals surface area contributed by atoms with Crippen molar-refractivity contribution in [2.24, 2.45) is 0 Å². The van der Waals surface area contributed by atoms with Crippen LogP contribution in [0.2, 0.25) is 0 Å². The zero-order valence-corrected chi connectivity index (χ0v) is 21.1. The van der Waals surface area contributed by atoms with Crippen molar-refractivity contribution in [1.82, 2.24) is 39.6 Å². The maximum absolute atomic E-state index is 9.64. The number of hydrogen-bond acceptors (Lipinski definition) is 8. The second kappa shape index (κ2) is 9.68. The van der Waals surface area contributed by atoms with Gasteiger partial charge in [0.15, 0.2) is 0 Å². The summed E-state index contributed by atoms with van der Waals surface area (Å²) >= 11 is 0. The van der Waals surface area contributed by atoms with Crippen LogP contribution in [0.15, 0.2) is 42.7 Å². The number of hydrogen-bond donors (Lipinski definition) is 1. The SMILES string of the molecule is Cc1c(-c2cc(O[C@H](C)c3ccccn3)n3c(C#N)cnc3c2)nnn1CC(C)(C)N1CCNCC1. The molecule has 1 aliphatic rings. The number of nitrogens with one attached hydrogen (secondary N) is 1. The van der Waals surface area contributed by atoms with Gasteiger partial charge in [-0.25, -0.2) is 9.67 Å². The summed E-state index contributed by atoms with van der Waals surface area (Å²) in [6.07, 6.45) is 2.97. The predicted molar refractivity (Wildman–Crippen MR) is 135 cm³/mol. The van der Waals surface area contributed by atoms with Crippen LogP contribution in [0.3, 0.4) is 0 Å². The van der Waals surface area contributed by atoms with Crippen molar-refractivity contribution in [3.63, 3.8) is 0 Å². The molecule has 186 valence electrons. The quantitative estimate of drug-likeness (QED) is 0.426. The first-order chi connectivity index (χ1) is 17.4. The van der Waals surface area contributed by atoms with E-state index < -0.39 is 0 Å². The minimum absolute atomic E-state index is 0.0566. The van der Waals surface area contributed by atoms with Gasteiger partial charge in [-0.2, -0.15) is 5.26 Å². The first-order valence-electron chi connectivity index (χ1n) is 12.2. The van der Waals surface area contributed by atoms with Crippen molar-refractivity contribution in [3.8, 4) is 23.2 Å². The van der Waals surface area contributed by atoms with E-state index in [0.717, 1.165) is 55.4 Å². The molecule has 1 aliphatic heterocycles. The smallest absolute Gasteiger partial charge is 0.201 e. The number of nitriles is 1. The van der Waals surface area contributed by atoms with E-state index in [2.05, 4.69) is 50.4 Å². The molecule has 5 heterocycles. The van der Waals surface area contributed by atoms with Gasteiger partial charge in [0.2, 0.25) is 5.88 Å². The van der Waals surface area contributed by atoms with Crippen LogP contribution in [-0.4, -0.2) is 66.0 Å². The fraction of sp³-hybridized carbons (Fsp3) is 0.423. The van der Waals surface area contributed by atoms with Crippen LogP contribution in [-0.2, 0) is 6.54 Å². The topological polar surface area (TPSA) is 109 Å². The first-order valence-corrected chi connectivity index (χ1v) is 12.2. The summed E-state index contributed by atoms with van der Waals surface area (Å²) in [4.78, 5) is 11.4. The molecule has 1 saturated heterocycles. The number of pyridine rings is 2. The van der Waals surface area contributed by atoms with E-state index in [1.807, 2.05) is 48.9 Å². The summed E-state index contributed by atoms with van der Waals surface area (Å²) in [6.45, 7) is 13.2. The van der Waals surface area contributed by atoms with Gasteiger partial charge in [-0.15, -0.1) is 5.10 Å². The molecule has 1 fully saturated rings. The lowest BCUT2D eigenvalue weighted by Gasteiger charge is -2.41. The van der Waals surface area contributed by atoms with E-state index in [4.69, 9.17) is 4.74 Å². The molecule has 1 atom stereocenters. The summed E-state index contributed by atoms with van der Waals surface area (Å²) in [5, 5.41) is 22.1. The fourth-order valence-electron chi connectivity index (χ4n) is 4.75. The van der Waals surface area contributed by atoms with E-state index >= 15 is 0 Å². The third-order valence-electron chi connectivity index (χ3n) is 6.86. The van der Waals surface area contributed by atoms with Crippen molar-refractivity contribution < 1.29 is 4.74 Å². The Morgan fingerprint density at radius 3 is 2.72 bits per heavy atom. The Bertz CT molecular complexity index is 1390. The number of rotatable bonds is 7. The van der Waals surface area contributed by atoms with Gasteiger partial charge in [-0.3, -0.25) is 14.3 Å². The highest BCUT2D eigenvalue weighted by atomic mass is 16.5. The second-order valence-corrected chi connectivity index (χ2v) is 9.78. The highest BCUT2D eigenvalue weighted by molar-refractivity contribution is 5.68. The molecule has 0 aliphatic carbocycles. The molecule has 10 nitrogen and oxygen atoms in total. The number of aromatic nitrogens is 6. The molecule has 0 unspecified atom stereocenters. The highest BCUT2D eigenvalue weighted by Crippen LogP contribution is 2.31. The minimum Gasteiger partial charge on any atom is -0.469 e. The van der Waals surface area contributed by atoms with E-state index in [0.29, 0.717) is 17.2 Å². The average Bonchev–Trinajstić information content (AvgIpc) is 3.48. The zero-order valence-electron chi connectivity index (χ0n) is 21.1. The average molecular weight is 486 g/mol. The third-order valence-corrected chi connectivity index (χ3v) is 6.86. The van der Waals surface area contributed by atoms with E-state index in [-0.39, 0.29) is 11.6 Å². The number of imidazole rings is 1. The molecule has 0 saturated carbocycles. The number of nitrogens with zero attached hydrogens (tertiary/aromatic N) is 8. The van der Waals surface area contributed by atoms with Gasteiger partial charge in [0, 0.05) is 49.5 Å². The Morgan fingerprint density at radius 1 is 1.19 bits per heavy atom. The molecule has 5 rings (SSSR count). The fourth-order valence-corrected chi connectivity index (χ4v) is 4.75. The summed E-state index contributed by atoms with van der Waals surface area (Å²) in [7, 11) is 0. The number of ether oxygens (including phenoxy) is 1. The number of fused-ring (bicyclic) bond motifs is 1. The lowest BCUT2D eigenvalue weighted by molar-refractivity contribution is 0.0834. The van der Waals surface area contributed by atoms with Gasteiger partial charge in [0.1, 0.15) is 29.2 Å². The van der Waals surface area contributed by atoms with Gasteiger partial charge in [0.25, 0.3) is 0 Å². The molecule has 4 aromatic rings. The summed E-state index contributed by atoms with van der Waals surface area (Å²) < 4.78 is 10.0. The second-order valence-electron chi connectivity index (χ2n) is 9.78. The largest absolute Gasteiger partial charge is 0.469 e. The van der Waals surface area contributed by atoms with E-state index in [9.17, 15) is 5.26 Å².